The van der Waals surface area contributed by atoms with Crippen LogP contribution in [0.2, 0.25) is 0 Å². The number of fused-ring (bicyclic) bond motifs is 1. The Morgan fingerprint density at radius 1 is 1.23 bits per heavy atom. The summed E-state index contributed by atoms with van der Waals surface area (Å²) in [5, 5.41) is 13.2. The molecule has 1 atom stereocenters. The molecule has 12 heteroatoms. The summed E-state index contributed by atoms with van der Waals surface area (Å²) in [4.78, 5) is 14.2. The first-order valence-corrected chi connectivity index (χ1v) is 9.46. The maximum absolute atomic E-state index is 13.0. The molecule has 9 nitrogen and oxygen atoms in total. The number of nitrogens with zero attached hydrogens (tertiary/aromatic N) is 5. The number of rotatable bonds is 5. The van der Waals surface area contributed by atoms with Crippen LogP contribution in [-0.4, -0.2) is 57.5 Å². The van der Waals surface area contributed by atoms with Crippen LogP contribution in [0.5, 0.6) is 11.6 Å². The van der Waals surface area contributed by atoms with Gasteiger partial charge < -0.3 is 19.7 Å². The number of ether oxygens (including phenoxy) is 2. The lowest BCUT2D eigenvalue weighted by atomic mass is 10.1. The summed E-state index contributed by atoms with van der Waals surface area (Å²) in [5.41, 5.74) is 0.543. The molecule has 2 amide bonds. The van der Waals surface area contributed by atoms with Crippen LogP contribution in [0.25, 0.3) is 5.65 Å². The van der Waals surface area contributed by atoms with Gasteiger partial charge in [0.15, 0.2) is 5.65 Å². The number of urea groups is 1. The fraction of sp³-hybridized carbons (Fsp3) is 0.368. The van der Waals surface area contributed by atoms with Crippen LogP contribution >= 0.6 is 0 Å². The zero-order valence-corrected chi connectivity index (χ0v) is 16.5. The molecule has 0 bridgehead atoms. The van der Waals surface area contributed by atoms with Gasteiger partial charge in [-0.05, 0) is 24.6 Å². The summed E-state index contributed by atoms with van der Waals surface area (Å²) in [7, 11) is 1.52. The van der Waals surface area contributed by atoms with Crippen LogP contribution in [-0.2, 0) is 6.18 Å². The van der Waals surface area contributed by atoms with Gasteiger partial charge in [0.05, 0.1) is 19.4 Å². The van der Waals surface area contributed by atoms with E-state index in [0.29, 0.717) is 35.5 Å². The largest absolute Gasteiger partial charge is 0.495 e. The van der Waals surface area contributed by atoms with Crippen LogP contribution in [0.15, 0.2) is 36.4 Å². The van der Waals surface area contributed by atoms with Crippen LogP contribution in [0, 0.1) is 5.92 Å². The summed E-state index contributed by atoms with van der Waals surface area (Å²) in [6, 6.07) is 9.63. The van der Waals surface area contributed by atoms with E-state index in [1.807, 2.05) is 0 Å². The second-order valence-electron chi connectivity index (χ2n) is 7.01. The number of hydrogen-bond acceptors (Lipinski definition) is 6. The number of halogens is 3. The number of amides is 2. The van der Waals surface area contributed by atoms with E-state index in [2.05, 4.69) is 20.6 Å². The van der Waals surface area contributed by atoms with Gasteiger partial charge in [0.2, 0.25) is 5.88 Å². The Labute approximate surface area is 174 Å². The quantitative estimate of drug-likeness (QED) is 0.661. The maximum atomic E-state index is 13.0. The molecule has 3 heterocycles. The smallest absolute Gasteiger partial charge is 0.453 e. The van der Waals surface area contributed by atoms with Gasteiger partial charge in [0.1, 0.15) is 5.75 Å². The Morgan fingerprint density at radius 3 is 2.81 bits per heavy atom. The number of carbonyl (C=O) groups is 1. The van der Waals surface area contributed by atoms with E-state index in [9.17, 15) is 18.0 Å². The molecule has 1 N–H and O–H groups in total. The zero-order chi connectivity index (χ0) is 22.0. The standard InChI is InChI=1S/C19H19F3N6O3/c1-30-14-5-3-2-4-13(14)23-18(29)27-9-8-12(10-27)11-31-16-7-6-15-24-25-17(19(20,21)22)28(15)26-16/h2-7,12H,8-11H2,1H3,(H,23,29). The van der Waals surface area contributed by atoms with Crippen LogP contribution in [0.1, 0.15) is 12.2 Å². The SMILES string of the molecule is COc1ccccc1NC(=O)N1CCC(COc2ccc3nnc(C(F)(F)F)n3n2)C1. The average molecular weight is 436 g/mol. The molecular formula is C19H19F3N6O3. The second kappa shape index (κ2) is 8.28. The molecule has 1 aliphatic rings. The van der Waals surface area contributed by atoms with Gasteiger partial charge in [-0.15, -0.1) is 15.3 Å². The van der Waals surface area contributed by atoms with E-state index in [4.69, 9.17) is 9.47 Å². The van der Waals surface area contributed by atoms with Crippen molar-refractivity contribution >= 4 is 17.4 Å². The predicted molar refractivity (Wildman–Crippen MR) is 103 cm³/mol. The molecule has 1 fully saturated rings. The topological polar surface area (TPSA) is 93.9 Å². The minimum Gasteiger partial charge on any atom is -0.495 e. The maximum Gasteiger partial charge on any atom is 0.453 e. The van der Waals surface area contributed by atoms with Gasteiger partial charge in [-0.25, -0.2) is 4.79 Å². The number of para-hydroxylation sites is 2. The van der Waals surface area contributed by atoms with Crippen molar-refractivity contribution < 1.29 is 27.4 Å². The van der Waals surface area contributed by atoms with Crippen molar-refractivity contribution in [2.24, 2.45) is 5.92 Å². The Bertz CT molecular complexity index is 1090. The van der Waals surface area contributed by atoms with E-state index in [1.54, 1.807) is 29.2 Å². The number of carbonyl (C=O) groups excluding carboxylic acids is 1. The van der Waals surface area contributed by atoms with E-state index in [-0.39, 0.29) is 30.1 Å². The van der Waals surface area contributed by atoms with Crippen molar-refractivity contribution in [1.29, 1.82) is 0 Å². The van der Waals surface area contributed by atoms with Crippen molar-refractivity contribution in [3.8, 4) is 11.6 Å². The van der Waals surface area contributed by atoms with Gasteiger partial charge in [-0.3, -0.25) is 0 Å². The molecule has 1 saturated heterocycles. The van der Waals surface area contributed by atoms with Gasteiger partial charge in [0, 0.05) is 25.1 Å². The third-order valence-electron chi connectivity index (χ3n) is 4.88. The van der Waals surface area contributed by atoms with Crippen molar-refractivity contribution in [3.05, 3.63) is 42.2 Å². The fourth-order valence-corrected chi connectivity index (χ4v) is 3.32. The molecule has 0 radical (unpaired) electrons. The van der Waals surface area contributed by atoms with Crippen LogP contribution in [0.4, 0.5) is 23.7 Å². The number of nitrogens with one attached hydrogen (secondary N) is 1. The highest BCUT2D eigenvalue weighted by atomic mass is 19.4. The van der Waals surface area contributed by atoms with Crippen molar-refractivity contribution in [1.82, 2.24) is 24.7 Å². The lowest BCUT2D eigenvalue weighted by molar-refractivity contribution is -0.146. The molecular weight excluding hydrogens is 417 g/mol. The third-order valence-corrected chi connectivity index (χ3v) is 4.88. The van der Waals surface area contributed by atoms with Gasteiger partial charge in [0.25, 0.3) is 5.82 Å². The first-order valence-electron chi connectivity index (χ1n) is 9.46. The van der Waals surface area contributed by atoms with Crippen molar-refractivity contribution in [2.75, 3.05) is 32.1 Å². The van der Waals surface area contributed by atoms with Gasteiger partial charge in [-0.2, -0.15) is 17.7 Å². The molecule has 0 spiro atoms. The molecule has 0 saturated carbocycles. The summed E-state index contributed by atoms with van der Waals surface area (Å²) in [6.45, 7) is 1.19. The minimum atomic E-state index is -4.67. The zero-order valence-electron chi connectivity index (χ0n) is 16.5. The molecule has 164 valence electrons. The van der Waals surface area contributed by atoms with Crippen molar-refractivity contribution in [3.63, 3.8) is 0 Å². The second-order valence-corrected chi connectivity index (χ2v) is 7.01. The summed E-state index contributed by atoms with van der Waals surface area (Å²) in [6.07, 6.45) is -3.98. The summed E-state index contributed by atoms with van der Waals surface area (Å²) < 4.78 is 50.4. The van der Waals surface area contributed by atoms with E-state index in [0.717, 1.165) is 0 Å². The lowest BCUT2D eigenvalue weighted by Gasteiger charge is -2.18. The molecule has 31 heavy (non-hydrogen) atoms. The van der Waals surface area contributed by atoms with E-state index < -0.39 is 12.0 Å². The molecule has 0 aliphatic carbocycles. The number of likely N-dealkylation sites (tertiary alicyclic amines) is 1. The summed E-state index contributed by atoms with van der Waals surface area (Å²) in [5.74, 6) is -0.616. The van der Waals surface area contributed by atoms with Crippen molar-refractivity contribution in [2.45, 2.75) is 12.6 Å². The Balaban J connectivity index is 1.35. The molecule has 3 aromatic rings. The minimum absolute atomic E-state index is 0.0175. The normalized spacial score (nSPS) is 16.5. The Hall–Kier alpha value is -3.57. The Morgan fingerprint density at radius 2 is 2.03 bits per heavy atom. The number of alkyl halides is 3. The average Bonchev–Trinajstić information content (AvgIpc) is 3.39. The van der Waals surface area contributed by atoms with Gasteiger partial charge >= 0.3 is 12.2 Å². The molecule has 1 unspecified atom stereocenters. The van der Waals surface area contributed by atoms with Gasteiger partial charge in [-0.1, -0.05) is 12.1 Å². The molecule has 1 aromatic carbocycles. The number of hydrogen-bond donors (Lipinski definition) is 1. The molecule has 1 aliphatic heterocycles. The van der Waals surface area contributed by atoms with Crippen LogP contribution < -0.4 is 14.8 Å². The predicted octanol–water partition coefficient (Wildman–Crippen LogP) is 3.08. The Kier molecular flexibility index (Phi) is 5.53. The monoisotopic (exact) mass is 436 g/mol. The number of methoxy groups -OCH3 is 1. The fourth-order valence-electron chi connectivity index (χ4n) is 3.32. The molecule has 4 rings (SSSR count). The molecule has 2 aromatic heterocycles. The highest BCUT2D eigenvalue weighted by Crippen LogP contribution is 2.28. The third kappa shape index (κ3) is 4.47. The first kappa shape index (κ1) is 20.7. The summed E-state index contributed by atoms with van der Waals surface area (Å²) >= 11 is 0. The lowest BCUT2D eigenvalue weighted by Crippen LogP contribution is -2.33. The highest BCUT2D eigenvalue weighted by molar-refractivity contribution is 5.91. The van der Waals surface area contributed by atoms with Crippen LogP contribution in [0.3, 0.4) is 0 Å². The number of anilines is 1. The highest BCUT2D eigenvalue weighted by Gasteiger charge is 2.37. The first-order chi connectivity index (χ1) is 14.8. The van der Waals surface area contributed by atoms with E-state index in [1.165, 1.54) is 19.2 Å². The number of benzene rings is 1. The van der Waals surface area contributed by atoms with E-state index >= 15 is 0 Å². The number of aromatic nitrogens is 4.